The minimum atomic E-state index is -0.699. The van der Waals surface area contributed by atoms with Crippen molar-refractivity contribution in [2.75, 3.05) is 20.8 Å². The summed E-state index contributed by atoms with van der Waals surface area (Å²) in [4.78, 5) is 29.6. The highest BCUT2D eigenvalue weighted by molar-refractivity contribution is 9.10. The molecule has 0 amide bonds. The molecule has 0 bridgehead atoms. The molecule has 37 heavy (non-hydrogen) atoms. The van der Waals surface area contributed by atoms with E-state index >= 15 is 0 Å². The number of ketones is 1. The molecule has 9 heteroatoms. The van der Waals surface area contributed by atoms with Gasteiger partial charge in [0.05, 0.1) is 19.2 Å². The van der Waals surface area contributed by atoms with Gasteiger partial charge in [0.15, 0.2) is 10.5 Å². The second-order valence-corrected chi connectivity index (χ2v) is 9.75. The van der Waals surface area contributed by atoms with Crippen LogP contribution in [0.1, 0.15) is 52.4 Å². The lowest BCUT2D eigenvalue weighted by Gasteiger charge is -2.14. The molecule has 3 aromatic rings. The monoisotopic (exact) mass is 586 g/mol. The van der Waals surface area contributed by atoms with Crippen molar-refractivity contribution in [2.45, 2.75) is 38.8 Å². The molecule has 0 radical (unpaired) electrons. The standard InChI is InChI=1S/C28H28BrClN2O5/c1-28(2,36-4)16-15-23-25(24(33)14-7-19-5-8-20(9-6-19)26(34)35-3)32(27(29)31-23)17-18-37-22-12-10-21(30)11-13-22/h5-6,8-13H,7,14,17-18H2,1-4H3. The number of Topliss-reactive ketones (excluding diaryl/α,β-unsaturated/α-hetero) is 1. The number of esters is 1. The van der Waals surface area contributed by atoms with Gasteiger partial charge in [0.1, 0.15) is 29.3 Å². The lowest BCUT2D eigenvalue weighted by molar-refractivity contribution is 0.0600. The summed E-state index contributed by atoms with van der Waals surface area (Å²) in [5, 5.41) is 0.625. The van der Waals surface area contributed by atoms with Crippen LogP contribution in [-0.2, 0) is 22.4 Å². The number of hydrogen-bond acceptors (Lipinski definition) is 6. The molecule has 0 saturated heterocycles. The van der Waals surface area contributed by atoms with E-state index < -0.39 is 11.6 Å². The number of carbonyl (C=O) groups is 2. The van der Waals surface area contributed by atoms with Gasteiger partial charge in [-0.15, -0.1) is 0 Å². The number of imidazole rings is 1. The van der Waals surface area contributed by atoms with Gasteiger partial charge in [0.25, 0.3) is 0 Å². The second kappa shape index (κ2) is 12.9. The third kappa shape index (κ3) is 7.93. The molecule has 0 saturated carbocycles. The Hall–Kier alpha value is -3.12. The molecule has 0 unspecified atom stereocenters. The van der Waals surface area contributed by atoms with Crippen LogP contribution in [0.3, 0.4) is 0 Å². The van der Waals surface area contributed by atoms with Gasteiger partial charge in [-0.3, -0.25) is 4.79 Å². The van der Waals surface area contributed by atoms with Crippen LogP contribution in [0.2, 0.25) is 5.02 Å². The fourth-order valence-corrected chi connectivity index (χ4v) is 4.01. The molecule has 0 N–H and O–H groups in total. The van der Waals surface area contributed by atoms with Crippen LogP contribution in [0.25, 0.3) is 0 Å². The van der Waals surface area contributed by atoms with Crippen molar-refractivity contribution in [3.05, 3.63) is 80.8 Å². The second-order valence-electron chi connectivity index (χ2n) is 8.61. The fraction of sp³-hybridized carbons (Fsp3) is 0.321. The van der Waals surface area contributed by atoms with Crippen molar-refractivity contribution in [1.29, 1.82) is 0 Å². The number of hydrogen-bond donors (Lipinski definition) is 0. The molecule has 0 atom stereocenters. The summed E-state index contributed by atoms with van der Waals surface area (Å²) in [6.45, 7) is 4.36. The molecule has 1 heterocycles. The molecule has 0 spiro atoms. The summed E-state index contributed by atoms with van der Waals surface area (Å²) >= 11 is 9.42. The first-order valence-corrected chi connectivity index (χ1v) is 12.7. The zero-order valence-electron chi connectivity index (χ0n) is 21.1. The van der Waals surface area contributed by atoms with Crippen LogP contribution in [0.4, 0.5) is 0 Å². The molecule has 0 aliphatic carbocycles. The lowest BCUT2D eigenvalue weighted by Crippen LogP contribution is -2.19. The van der Waals surface area contributed by atoms with Gasteiger partial charge in [0, 0.05) is 18.6 Å². The average Bonchev–Trinajstić information content (AvgIpc) is 3.22. The zero-order chi connectivity index (χ0) is 27.0. The minimum absolute atomic E-state index is 0.110. The first kappa shape index (κ1) is 28.5. The largest absolute Gasteiger partial charge is 0.492 e. The van der Waals surface area contributed by atoms with Crippen molar-refractivity contribution in [3.63, 3.8) is 0 Å². The van der Waals surface area contributed by atoms with Crippen molar-refractivity contribution in [1.82, 2.24) is 9.55 Å². The average molecular weight is 588 g/mol. The van der Waals surface area contributed by atoms with Crippen LogP contribution >= 0.6 is 27.5 Å². The first-order chi connectivity index (χ1) is 17.6. The SMILES string of the molecule is COC(=O)c1ccc(CCC(=O)c2c(C#CC(C)(C)OC)nc(Br)n2CCOc2ccc(Cl)cc2)cc1. The highest BCUT2D eigenvalue weighted by Crippen LogP contribution is 2.21. The number of ether oxygens (including phenoxy) is 3. The molecule has 0 aliphatic rings. The van der Waals surface area contributed by atoms with Crippen LogP contribution in [0.5, 0.6) is 5.75 Å². The number of nitrogens with zero attached hydrogens (tertiary/aromatic N) is 2. The number of methoxy groups -OCH3 is 2. The number of aryl methyl sites for hydroxylation is 1. The minimum Gasteiger partial charge on any atom is -0.492 e. The molecule has 3 rings (SSSR count). The van der Waals surface area contributed by atoms with Crippen LogP contribution in [0, 0.1) is 11.8 Å². The topological polar surface area (TPSA) is 79.7 Å². The van der Waals surface area contributed by atoms with Gasteiger partial charge >= 0.3 is 5.97 Å². The van der Waals surface area contributed by atoms with E-state index in [2.05, 4.69) is 32.8 Å². The van der Waals surface area contributed by atoms with Crippen LogP contribution in [-0.4, -0.2) is 47.7 Å². The molecule has 7 nitrogen and oxygen atoms in total. The summed E-state index contributed by atoms with van der Waals surface area (Å²) in [5.41, 5.74) is 1.45. The van der Waals surface area contributed by atoms with Crippen molar-refractivity contribution >= 4 is 39.3 Å². The number of benzene rings is 2. The Morgan fingerprint density at radius 1 is 1.08 bits per heavy atom. The maximum Gasteiger partial charge on any atom is 0.337 e. The van der Waals surface area contributed by atoms with E-state index in [1.165, 1.54) is 7.11 Å². The first-order valence-electron chi connectivity index (χ1n) is 11.6. The fourth-order valence-electron chi connectivity index (χ4n) is 3.35. The number of carbonyl (C=O) groups excluding carboxylic acids is 2. The third-order valence-corrected chi connectivity index (χ3v) is 6.45. The van der Waals surface area contributed by atoms with Gasteiger partial charge in [-0.05, 0) is 84.1 Å². The normalized spacial score (nSPS) is 11.0. The maximum absolute atomic E-state index is 13.4. The highest BCUT2D eigenvalue weighted by Gasteiger charge is 2.22. The van der Waals surface area contributed by atoms with E-state index in [1.54, 1.807) is 48.1 Å². The van der Waals surface area contributed by atoms with Crippen molar-refractivity contribution in [2.24, 2.45) is 0 Å². The van der Waals surface area contributed by atoms with Crippen LogP contribution < -0.4 is 4.74 Å². The van der Waals surface area contributed by atoms with E-state index in [0.29, 0.717) is 52.0 Å². The van der Waals surface area contributed by atoms with Crippen LogP contribution in [0.15, 0.2) is 53.3 Å². The molecule has 0 aliphatic heterocycles. The van der Waals surface area contributed by atoms with Gasteiger partial charge in [-0.25, -0.2) is 9.78 Å². The van der Waals surface area contributed by atoms with Gasteiger partial charge in [-0.1, -0.05) is 29.7 Å². The predicted molar refractivity (Wildman–Crippen MR) is 145 cm³/mol. The third-order valence-electron chi connectivity index (χ3n) is 5.59. The molecule has 194 valence electrons. The molecular weight excluding hydrogens is 560 g/mol. The number of aromatic nitrogens is 2. The van der Waals surface area contributed by atoms with E-state index in [4.69, 9.17) is 25.8 Å². The number of rotatable bonds is 10. The maximum atomic E-state index is 13.4. The lowest BCUT2D eigenvalue weighted by atomic mass is 10.0. The Morgan fingerprint density at radius 3 is 2.38 bits per heavy atom. The van der Waals surface area contributed by atoms with E-state index in [1.807, 2.05) is 26.0 Å². The van der Waals surface area contributed by atoms with Crippen molar-refractivity contribution < 1.29 is 23.8 Å². The van der Waals surface area contributed by atoms with E-state index in [-0.39, 0.29) is 12.2 Å². The van der Waals surface area contributed by atoms with Gasteiger partial charge in [0.2, 0.25) is 0 Å². The van der Waals surface area contributed by atoms with E-state index in [0.717, 1.165) is 5.56 Å². The Balaban J connectivity index is 1.81. The Bertz CT molecular complexity index is 1310. The molecule has 0 fully saturated rings. The Morgan fingerprint density at radius 2 is 1.76 bits per heavy atom. The quantitative estimate of drug-likeness (QED) is 0.171. The number of halogens is 2. The summed E-state index contributed by atoms with van der Waals surface area (Å²) in [5.74, 6) is 6.22. The smallest absolute Gasteiger partial charge is 0.337 e. The molecule has 1 aromatic heterocycles. The summed E-state index contributed by atoms with van der Waals surface area (Å²) in [6, 6.07) is 14.1. The van der Waals surface area contributed by atoms with Gasteiger partial charge < -0.3 is 18.8 Å². The Labute approximate surface area is 230 Å². The van der Waals surface area contributed by atoms with Crippen molar-refractivity contribution in [3.8, 4) is 17.6 Å². The van der Waals surface area contributed by atoms with Gasteiger partial charge in [-0.2, -0.15) is 0 Å². The predicted octanol–water partition coefficient (Wildman–Crippen LogP) is 5.76. The van der Waals surface area contributed by atoms with E-state index in [9.17, 15) is 9.59 Å². The Kier molecular flexibility index (Phi) is 9.93. The summed E-state index contributed by atoms with van der Waals surface area (Å²) in [7, 11) is 2.92. The molecular formula is C28H28BrClN2O5. The summed E-state index contributed by atoms with van der Waals surface area (Å²) in [6.07, 6.45) is 0.719. The molecule has 2 aromatic carbocycles. The zero-order valence-corrected chi connectivity index (χ0v) is 23.5. The highest BCUT2D eigenvalue weighted by atomic mass is 79.9. The summed E-state index contributed by atoms with van der Waals surface area (Å²) < 4.78 is 18.2.